The van der Waals surface area contributed by atoms with E-state index in [2.05, 4.69) is 20.9 Å². The van der Waals surface area contributed by atoms with Crippen molar-refractivity contribution in [3.63, 3.8) is 0 Å². The lowest BCUT2D eigenvalue weighted by atomic mass is 10.1. The molecule has 1 aromatic heterocycles. The largest absolute Gasteiger partial charge is 0.466 e. The van der Waals surface area contributed by atoms with Crippen LogP contribution in [0.25, 0.3) is 0 Å². The number of carbonyl (C=O) groups is 1. The SMILES string of the molecule is CCOC(=O)Cc1c(Cl)cnc(Br)c1C(F)F. The molecule has 0 radical (unpaired) electrons. The molecule has 0 atom stereocenters. The summed E-state index contributed by atoms with van der Waals surface area (Å²) in [7, 11) is 0. The third-order valence-corrected chi connectivity index (χ3v) is 2.93. The van der Waals surface area contributed by atoms with Crippen LogP contribution in [0.2, 0.25) is 5.02 Å². The van der Waals surface area contributed by atoms with Crippen LogP contribution < -0.4 is 0 Å². The van der Waals surface area contributed by atoms with Crippen LogP contribution in [0.4, 0.5) is 8.78 Å². The molecule has 0 unspecified atom stereocenters. The maximum Gasteiger partial charge on any atom is 0.310 e. The summed E-state index contributed by atoms with van der Waals surface area (Å²) in [6.07, 6.45) is -1.85. The van der Waals surface area contributed by atoms with Crippen molar-refractivity contribution >= 4 is 33.5 Å². The summed E-state index contributed by atoms with van der Waals surface area (Å²) >= 11 is 8.67. The first-order valence-electron chi connectivity index (χ1n) is 4.73. The molecule has 0 fully saturated rings. The summed E-state index contributed by atoms with van der Waals surface area (Å²) in [5.74, 6) is -0.602. The molecule has 94 valence electrons. The van der Waals surface area contributed by atoms with Gasteiger partial charge in [-0.05, 0) is 28.4 Å². The van der Waals surface area contributed by atoms with Gasteiger partial charge < -0.3 is 4.74 Å². The van der Waals surface area contributed by atoms with Crippen LogP contribution in [0.5, 0.6) is 0 Å². The summed E-state index contributed by atoms with van der Waals surface area (Å²) in [5, 5.41) is 0.0246. The van der Waals surface area contributed by atoms with Crippen molar-refractivity contribution in [3.8, 4) is 0 Å². The molecule has 0 bridgehead atoms. The van der Waals surface area contributed by atoms with Crippen molar-refractivity contribution in [2.45, 2.75) is 19.8 Å². The van der Waals surface area contributed by atoms with Gasteiger partial charge in [0.1, 0.15) is 4.60 Å². The van der Waals surface area contributed by atoms with Gasteiger partial charge in [-0.15, -0.1) is 0 Å². The molecule has 3 nitrogen and oxygen atoms in total. The minimum atomic E-state index is -2.76. The van der Waals surface area contributed by atoms with Gasteiger partial charge in [0, 0.05) is 6.20 Å². The molecule has 0 amide bonds. The number of carbonyl (C=O) groups excluding carboxylic acids is 1. The maximum absolute atomic E-state index is 12.8. The van der Waals surface area contributed by atoms with Crippen molar-refractivity contribution in [3.05, 3.63) is 26.9 Å². The zero-order chi connectivity index (χ0) is 13.0. The Morgan fingerprint density at radius 3 is 2.82 bits per heavy atom. The number of ether oxygens (including phenoxy) is 1. The number of aromatic nitrogens is 1. The minimum Gasteiger partial charge on any atom is -0.466 e. The highest BCUT2D eigenvalue weighted by molar-refractivity contribution is 9.10. The van der Waals surface area contributed by atoms with E-state index in [1.165, 1.54) is 6.20 Å². The highest BCUT2D eigenvalue weighted by atomic mass is 79.9. The Labute approximate surface area is 110 Å². The summed E-state index contributed by atoms with van der Waals surface area (Å²) in [6.45, 7) is 1.82. The molecule has 0 aliphatic heterocycles. The van der Waals surface area contributed by atoms with E-state index in [0.29, 0.717) is 0 Å². The van der Waals surface area contributed by atoms with E-state index in [-0.39, 0.29) is 33.8 Å². The average molecular weight is 329 g/mol. The predicted octanol–water partition coefficient (Wildman–Crippen LogP) is 3.54. The Balaban J connectivity index is 3.12. The number of esters is 1. The lowest BCUT2D eigenvalue weighted by Gasteiger charge is -2.11. The number of hydrogen-bond acceptors (Lipinski definition) is 3. The van der Waals surface area contributed by atoms with Gasteiger partial charge in [0.05, 0.1) is 23.6 Å². The summed E-state index contributed by atoms with van der Waals surface area (Å²) in [5.41, 5.74) is -0.326. The molecular weight excluding hydrogens is 319 g/mol. The molecule has 0 saturated heterocycles. The smallest absolute Gasteiger partial charge is 0.310 e. The zero-order valence-electron chi connectivity index (χ0n) is 8.84. The fourth-order valence-electron chi connectivity index (χ4n) is 1.27. The number of nitrogens with zero attached hydrogens (tertiary/aromatic N) is 1. The van der Waals surface area contributed by atoms with Crippen LogP contribution in [-0.4, -0.2) is 17.6 Å². The highest BCUT2D eigenvalue weighted by Crippen LogP contribution is 2.33. The number of halogens is 4. The van der Waals surface area contributed by atoms with Crippen molar-refractivity contribution < 1.29 is 18.3 Å². The summed E-state index contributed by atoms with van der Waals surface area (Å²) in [4.78, 5) is 15.0. The first-order valence-corrected chi connectivity index (χ1v) is 5.91. The molecular formula is C10H9BrClF2NO2. The zero-order valence-corrected chi connectivity index (χ0v) is 11.2. The lowest BCUT2D eigenvalue weighted by molar-refractivity contribution is -0.142. The maximum atomic E-state index is 12.8. The van der Waals surface area contributed by atoms with Gasteiger partial charge in [0.2, 0.25) is 0 Å². The van der Waals surface area contributed by atoms with Gasteiger partial charge in [0.25, 0.3) is 6.43 Å². The van der Waals surface area contributed by atoms with E-state index < -0.39 is 12.4 Å². The van der Waals surface area contributed by atoms with E-state index in [1.807, 2.05) is 0 Å². The fraction of sp³-hybridized carbons (Fsp3) is 0.400. The molecule has 0 saturated carbocycles. The predicted molar refractivity (Wildman–Crippen MR) is 62.2 cm³/mol. The summed E-state index contributed by atoms with van der Waals surface area (Å²) < 4.78 is 30.3. The molecule has 0 N–H and O–H groups in total. The third-order valence-electron chi connectivity index (χ3n) is 1.97. The third kappa shape index (κ3) is 3.61. The topological polar surface area (TPSA) is 39.2 Å². The van der Waals surface area contributed by atoms with Gasteiger partial charge in [-0.2, -0.15) is 0 Å². The van der Waals surface area contributed by atoms with Gasteiger partial charge >= 0.3 is 5.97 Å². The molecule has 1 rings (SSSR count). The van der Waals surface area contributed by atoms with E-state index in [9.17, 15) is 13.6 Å². The summed E-state index contributed by atoms with van der Waals surface area (Å²) in [6, 6.07) is 0. The van der Waals surface area contributed by atoms with Crippen LogP contribution in [0.1, 0.15) is 24.5 Å². The van der Waals surface area contributed by atoms with Gasteiger partial charge in [-0.3, -0.25) is 4.79 Å². The normalized spacial score (nSPS) is 10.7. The van der Waals surface area contributed by atoms with E-state index in [0.717, 1.165) is 0 Å². The van der Waals surface area contributed by atoms with Gasteiger partial charge in [-0.25, -0.2) is 13.8 Å². The Hall–Kier alpha value is -0.750. The van der Waals surface area contributed by atoms with Crippen LogP contribution in [0.15, 0.2) is 10.8 Å². The van der Waals surface area contributed by atoms with Crippen LogP contribution in [-0.2, 0) is 16.0 Å². The second-order valence-corrected chi connectivity index (χ2v) is 4.23. The van der Waals surface area contributed by atoms with Crippen LogP contribution >= 0.6 is 27.5 Å². The Bertz CT molecular complexity index is 429. The standard InChI is InChI=1S/C10H9BrClF2NO2/c1-2-17-7(16)3-5-6(12)4-15-9(11)8(5)10(13)14/h4,10H,2-3H2,1H3. The number of pyridine rings is 1. The molecule has 0 aromatic carbocycles. The second kappa shape index (κ2) is 6.26. The average Bonchev–Trinajstić information content (AvgIpc) is 2.23. The number of alkyl halides is 2. The van der Waals surface area contributed by atoms with Crippen LogP contribution in [0.3, 0.4) is 0 Å². The number of hydrogen-bond donors (Lipinski definition) is 0. The lowest BCUT2D eigenvalue weighted by Crippen LogP contribution is -2.11. The van der Waals surface area contributed by atoms with Crippen molar-refractivity contribution in [1.29, 1.82) is 0 Å². The highest BCUT2D eigenvalue weighted by Gasteiger charge is 2.22. The van der Waals surface area contributed by atoms with E-state index in [4.69, 9.17) is 16.3 Å². The fourth-order valence-corrected chi connectivity index (χ4v) is 2.00. The van der Waals surface area contributed by atoms with Gasteiger partial charge in [0.15, 0.2) is 0 Å². The van der Waals surface area contributed by atoms with E-state index in [1.54, 1.807) is 6.92 Å². The molecule has 0 aliphatic carbocycles. The van der Waals surface area contributed by atoms with Gasteiger partial charge in [-0.1, -0.05) is 11.6 Å². The second-order valence-electron chi connectivity index (χ2n) is 3.07. The molecule has 0 spiro atoms. The first kappa shape index (κ1) is 14.3. The van der Waals surface area contributed by atoms with Crippen LogP contribution in [0, 0.1) is 0 Å². The Kier molecular flexibility index (Phi) is 5.27. The molecule has 1 heterocycles. The molecule has 0 aliphatic rings. The Morgan fingerprint density at radius 2 is 2.29 bits per heavy atom. The van der Waals surface area contributed by atoms with E-state index >= 15 is 0 Å². The number of rotatable bonds is 4. The molecule has 1 aromatic rings. The molecule has 17 heavy (non-hydrogen) atoms. The molecule has 7 heteroatoms. The van der Waals surface area contributed by atoms with Crippen molar-refractivity contribution in [2.24, 2.45) is 0 Å². The minimum absolute atomic E-state index is 0.0174. The van der Waals surface area contributed by atoms with Crippen molar-refractivity contribution in [1.82, 2.24) is 4.98 Å². The first-order chi connectivity index (χ1) is 7.97. The van der Waals surface area contributed by atoms with Crippen molar-refractivity contribution in [2.75, 3.05) is 6.61 Å². The monoisotopic (exact) mass is 327 g/mol. The Morgan fingerprint density at radius 1 is 1.65 bits per heavy atom. The quantitative estimate of drug-likeness (QED) is 0.627.